The highest BCUT2D eigenvalue weighted by Crippen LogP contribution is 2.36. The molecule has 0 unspecified atom stereocenters. The summed E-state index contributed by atoms with van der Waals surface area (Å²) in [7, 11) is -1.14. The first-order valence-electron chi connectivity index (χ1n) is 16.1. The first kappa shape index (κ1) is 41.4. The molecule has 2 saturated heterocycles. The molecule has 0 amide bonds. The fourth-order valence-electron chi connectivity index (χ4n) is 4.89. The van der Waals surface area contributed by atoms with Gasteiger partial charge in [0.15, 0.2) is 5.69 Å². The number of nitrogens with zero attached hydrogens (tertiary/aromatic N) is 3. The van der Waals surface area contributed by atoms with E-state index in [4.69, 9.17) is 14.2 Å². The SMILES string of the molecule is CC[Si](CC)CC.C[Si](C)(C)CCOCn1cc(C(F)(F)F)nc1C1(O)CCOCC1.OC1(c2ncc(C(F)(F)F)[nH]2)CCOCC1. The monoisotopic (exact) mass is 717 g/mol. The van der Waals surface area contributed by atoms with Crippen molar-refractivity contribution in [2.45, 2.75) is 121 Å². The zero-order valence-electron chi connectivity index (χ0n) is 28.3. The molecule has 0 saturated carbocycles. The van der Waals surface area contributed by atoms with Crippen LogP contribution in [-0.4, -0.2) is 79.6 Å². The number of aliphatic hydroxyl groups is 2. The minimum Gasteiger partial charge on any atom is -0.382 e. The molecule has 2 aromatic rings. The van der Waals surface area contributed by atoms with Gasteiger partial charge in [0.05, 0.1) is 6.20 Å². The second-order valence-corrected chi connectivity index (χ2v) is 22.2. The van der Waals surface area contributed by atoms with E-state index in [1.807, 2.05) is 0 Å². The molecule has 2 aliphatic heterocycles. The highest BCUT2D eigenvalue weighted by molar-refractivity contribution is 6.76. The molecule has 9 nitrogen and oxygen atoms in total. The molecule has 4 heterocycles. The van der Waals surface area contributed by atoms with E-state index in [1.165, 1.54) is 22.7 Å². The first-order chi connectivity index (χ1) is 21.8. The number of aromatic amines is 1. The van der Waals surface area contributed by atoms with Crippen molar-refractivity contribution >= 4 is 16.9 Å². The van der Waals surface area contributed by atoms with E-state index in [-0.39, 0.29) is 52.9 Å². The summed E-state index contributed by atoms with van der Waals surface area (Å²) >= 11 is 0. The summed E-state index contributed by atoms with van der Waals surface area (Å²) in [4.78, 5) is 9.38. The molecule has 3 N–H and O–H groups in total. The molecule has 0 atom stereocenters. The summed E-state index contributed by atoms with van der Waals surface area (Å²) in [5.74, 6) is -0.0331. The number of aromatic nitrogens is 4. The third-order valence-corrected chi connectivity index (χ3v) is 12.9. The first-order valence-corrected chi connectivity index (χ1v) is 21.9. The maximum absolute atomic E-state index is 13.0. The molecule has 271 valence electrons. The average Bonchev–Trinajstić information content (AvgIpc) is 3.67. The van der Waals surface area contributed by atoms with E-state index in [1.54, 1.807) is 0 Å². The van der Waals surface area contributed by atoms with Crippen molar-refractivity contribution in [1.29, 1.82) is 0 Å². The predicted octanol–water partition coefficient (Wildman–Crippen LogP) is 7.18. The standard InChI is InChI=1S/C15H25F3N2O3Si.C9H11F3N2O2.C6H15Si/c1-24(2,3)9-8-23-11-20-10-12(15(16,17)18)19-13(20)14(21)4-6-22-7-5-14;10-9(11,12)6-5-13-7(14-6)8(15)1-3-16-4-2-8;1-4-7(5-2)6-3/h10,21H,4-9,11H2,1-3H3;5,15H,1-4H2,(H,13,14);4-6H2,1-3H3. The third-order valence-electron chi connectivity index (χ3n) is 8.17. The smallest absolute Gasteiger partial charge is 0.382 e. The Bertz CT molecular complexity index is 1180. The van der Waals surface area contributed by atoms with Gasteiger partial charge < -0.3 is 34.0 Å². The number of hydrogen-bond donors (Lipinski definition) is 3. The molecule has 2 aliphatic rings. The number of hydrogen-bond acceptors (Lipinski definition) is 7. The number of imidazole rings is 2. The lowest BCUT2D eigenvalue weighted by atomic mass is 9.93. The summed E-state index contributed by atoms with van der Waals surface area (Å²) in [6.07, 6.45) is -6.48. The van der Waals surface area contributed by atoms with Gasteiger partial charge >= 0.3 is 12.4 Å². The highest BCUT2D eigenvalue weighted by Gasteiger charge is 2.42. The van der Waals surface area contributed by atoms with Crippen LogP contribution in [0.2, 0.25) is 43.8 Å². The molecule has 1 radical (unpaired) electrons. The van der Waals surface area contributed by atoms with Crippen LogP contribution < -0.4 is 0 Å². The lowest BCUT2D eigenvalue weighted by Gasteiger charge is -2.31. The fraction of sp³-hybridized carbons (Fsp3) is 0.800. The van der Waals surface area contributed by atoms with Crippen LogP contribution in [0.5, 0.6) is 0 Å². The van der Waals surface area contributed by atoms with Crippen molar-refractivity contribution in [3.8, 4) is 0 Å². The molecule has 0 spiro atoms. The van der Waals surface area contributed by atoms with Crippen molar-refractivity contribution in [1.82, 2.24) is 19.5 Å². The molecule has 17 heteroatoms. The second kappa shape index (κ2) is 17.8. The second-order valence-electron chi connectivity index (χ2n) is 13.0. The molecule has 0 aromatic carbocycles. The van der Waals surface area contributed by atoms with Crippen molar-refractivity contribution in [2.75, 3.05) is 33.0 Å². The van der Waals surface area contributed by atoms with E-state index >= 15 is 0 Å². The average molecular weight is 718 g/mol. The van der Waals surface area contributed by atoms with E-state index in [0.29, 0.717) is 39.2 Å². The quantitative estimate of drug-likeness (QED) is 0.136. The zero-order valence-corrected chi connectivity index (χ0v) is 30.3. The molecule has 2 aromatic heterocycles. The zero-order chi connectivity index (χ0) is 35.5. The van der Waals surface area contributed by atoms with Gasteiger partial charge in [0.2, 0.25) is 0 Å². The van der Waals surface area contributed by atoms with Crippen LogP contribution in [0.4, 0.5) is 26.3 Å². The number of ether oxygens (including phenoxy) is 3. The van der Waals surface area contributed by atoms with Gasteiger partial charge in [0.25, 0.3) is 0 Å². The van der Waals surface area contributed by atoms with Crippen LogP contribution in [0.25, 0.3) is 0 Å². The van der Waals surface area contributed by atoms with E-state index in [2.05, 4.69) is 55.4 Å². The van der Waals surface area contributed by atoms with E-state index < -0.39 is 43.0 Å². The third kappa shape index (κ3) is 13.2. The Labute approximate surface area is 276 Å². The molecule has 2 fully saturated rings. The van der Waals surface area contributed by atoms with Crippen LogP contribution in [0, 0.1) is 0 Å². The van der Waals surface area contributed by atoms with Crippen LogP contribution in [0.15, 0.2) is 12.4 Å². The maximum Gasteiger partial charge on any atom is 0.434 e. The Morgan fingerprint density at radius 3 is 1.81 bits per heavy atom. The van der Waals surface area contributed by atoms with Gasteiger partial charge in [-0.05, 0) is 6.04 Å². The van der Waals surface area contributed by atoms with E-state index in [0.717, 1.165) is 12.2 Å². The van der Waals surface area contributed by atoms with Crippen LogP contribution in [0.1, 0.15) is 69.5 Å². The summed E-state index contributed by atoms with van der Waals surface area (Å²) in [6.45, 7) is 15.2. The van der Waals surface area contributed by atoms with Crippen molar-refractivity contribution in [3.05, 3.63) is 35.4 Å². The Morgan fingerprint density at radius 2 is 1.40 bits per heavy atom. The predicted molar refractivity (Wildman–Crippen MR) is 170 cm³/mol. The number of H-pyrrole nitrogens is 1. The van der Waals surface area contributed by atoms with E-state index in [9.17, 15) is 36.6 Å². The van der Waals surface area contributed by atoms with Gasteiger partial charge in [-0.15, -0.1) is 0 Å². The summed E-state index contributed by atoms with van der Waals surface area (Å²) < 4.78 is 93.0. The normalized spacial score (nSPS) is 18.3. The van der Waals surface area contributed by atoms with Crippen LogP contribution in [-0.2, 0) is 44.5 Å². The topological polar surface area (TPSA) is 115 Å². The van der Waals surface area contributed by atoms with Crippen molar-refractivity contribution in [3.63, 3.8) is 0 Å². The van der Waals surface area contributed by atoms with Gasteiger partial charge in [0, 0.05) is 81.8 Å². The van der Waals surface area contributed by atoms with Crippen LogP contribution in [0.3, 0.4) is 0 Å². The molecular formula is C30H51F6N4O5Si2. The summed E-state index contributed by atoms with van der Waals surface area (Å²) in [5.41, 5.74) is -4.69. The Hall–Kier alpha value is -1.77. The van der Waals surface area contributed by atoms with Gasteiger partial charge in [-0.25, -0.2) is 9.97 Å². The number of halogens is 6. The summed E-state index contributed by atoms with van der Waals surface area (Å²) in [5, 5.41) is 20.8. The lowest BCUT2D eigenvalue weighted by Crippen LogP contribution is -2.36. The maximum atomic E-state index is 13.0. The molecular weight excluding hydrogens is 667 g/mol. The Kier molecular flexibility index (Phi) is 15.6. The van der Waals surface area contributed by atoms with Gasteiger partial charge in [0.1, 0.15) is 35.3 Å². The minimum absolute atomic E-state index is 0.00567. The minimum atomic E-state index is -4.56. The number of rotatable bonds is 10. The van der Waals surface area contributed by atoms with Gasteiger partial charge in [-0.1, -0.05) is 58.5 Å². The fourth-order valence-corrected chi connectivity index (χ4v) is 7.15. The lowest BCUT2D eigenvalue weighted by molar-refractivity contribution is -0.142. The number of nitrogens with one attached hydrogen (secondary N) is 1. The molecule has 0 bridgehead atoms. The number of alkyl halides is 6. The Balaban J connectivity index is 0.000000286. The molecule has 0 aliphatic carbocycles. The van der Waals surface area contributed by atoms with Gasteiger partial charge in [-0.2, -0.15) is 26.3 Å². The van der Waals surface area contributed by atoms with Crippen molar-refractivity contribution in [2.24, 2.45) is 0 Å². The van der Waals surface area contributed by atoms with Crippen molar-refractivity contribution < 1.29 is 50.8 Å². The Morgan fingerprint density at radius 1 is 0.894 bits per heavy atom. The highest BCUT2D eigenvalue weighted by atomic mass is 28.3. The molecule has 4 rings (SSSR count). The summed E-state index contributed by atoms with van der Waals surface area (Å²) in [6, 6.07) is 5.29. The largest absolute Gasteiger partial charge is 0.434 e. The molecule has 47 heavy (non-hydrogen) atoms. The van der Waals surface area contributed by atoms with Crippen LogP contribution >= 0.6 is 0 Å². The van der Waals surface area contributed by atoms with Gasteiger partial charge in [-0.3, -0.25) is 0 Å².